The van der Waals surface area contributed by atoms with Crippen LogP contribution in [0, 0.1) is 12.7 Å². The van der Waals surface area contributed by atoms with E-state index in [4.69, 9.17) is 10.8 Å². The number of alkyl halides is 2. The molecule has 5 heteroatoms. The second-order valence-corrected chi connectivity index (χ2v) is 3.40. The van der Waals surface area contributed by atoms with Crippen LogP contribution < -0.4 is 5.73 Å². The third-order valence-corrected chi connectivity index (χ3v) is 2.24. The number of halogens is 3. The summed E-state index contributed by atoms with van der Waals surface area (Å²) in [7, 11) is 0. The van der Waals surface area contributed by atoms with Crippen molar-refractivity contribution in [3.8, 4) is 0 Å². The SMILES string of the molecule is Cc1ccc(F)cc1[C@@H](N)C(F)(F)CO. The Hall–Kier alpha value is -1.07. The van der Waals surface area contributed by atoms with Crippen molar-refractivity contribution < 1.29 is 18.3 Å². The molecule has 3 N–H and O–H groups in total. The Morgan fingerprint density at radius 1 is 1.47 bits per heavy atom. The minimum atomic E-state index is -3.45. The molecule has 1 aromatic carbocycles. The molecule has 84 valence electrons. The molecule has 0 saturated carbocycles. The van der Waals surface area contributed by atoms with Crippen molar-refractivity contribution in [1.29, 1.82) is 0 Å². The molecule has 0 aliphatic rings. The van der Waals surface area contributed by atoms with Crippen LogP contribution in [0.2, 0.25) is 0 Å². The average molecular weight is 219 g/mol. The summed E-state index contributed by atoms with van der Waals surface area (Å²) in [6.07, 6.45) is 0. The first-order chi connectivity index (χ1) is 6.88. The van der Waals surface area contributed by atoms with Crippen LogP contribution in [0.15, 0.2) is 18.2 Å². The molecule has 0 unspecified atom stereocenters. The summed E-state index contributed by atoms with van der Waals surface area (Å²) in [6, 6.07) is 1.81. The van der Waals surface area contributed by atoms with Crippen molar-refractivity contribution in [2.45, 2.75) is 18.9 Å². The van der Waals surface area contributed by atoms with Gasteiger partial charge >= 0.3 is 0 Å². The van der Waals surface area contributed by atoms with Crippen LogP contribution in [0.1, 0.15) is 17.2 Å². The van der Waals surface area contributed by atoms with E-state index in [2.05, 4.69) is 0 Å². The topological polar surface area (TPSA) is 46.2 Å². The molecule has 0 aromatic heterocycles. The highest BCUT2D eigenvalue weighted by Gasteiger charge is 2.38. The summed E-state index contributed by atoms with van der Waals surface area (Å²) < 4.78 is 38.9. The van der Waals surface area contributed by atoms with Gasteiger partial charge in [0.1, 0.15) is 12.4 Å². The lowest BCUT2D eigenvalue weighted by Crippen LogP contribution is -2.36. The van der Waals surface area contributed by atoms with Gasteiger partial charge in [-0.25, -0.2) is 13.2 Å². The summed E-state index contributed by atoms with van der Waals surface area (Å²) in [6.45, 7) is 0.201. The van der Waals surface area contributed by atoms with Gasteiger partial charge in [-0.2, -0.15) is 0 Å². The molecule has 0 bridgehead atoms. The largest absolute Gasteiger partial charge is 0.390 e. The zero-order chi connectivity index (χ0) is 11.6. The predicted molar refractivity (Wildman–Crippen MR) is 50.1 cm³/mol. The van der Waals surface area contributed by atoms with E-state index in [0.29, 0.717) is 5.56 Å². The molecule has 0 heterocycles. The summed E-state index contributed by atoms with van der Waals surface area (Å²) in [4.78, 5) is 0. The van der Waals surface area contributed by atoms with Gasteiger partial charge in [0.25, 0.3) is 5.92 Å². The summed E-state index contributed by atoms with van der Waals surface area (Å²) >= 11 is 0. The predicted octanol–water partition coefficient (Wildman–Crippen LogP) is 1.76. The van der Waals surface area contributed by atoms with Gasteiger partial charge in [-0.05, 0) is 30.2 Å². The fourth-order valence-corrected chi connectivity index (χ4v) is 1.27. The average Bonchev–Trinajstić information content (AvgIpc) is 2.20. The number of rotatable bonds is 3. The summed E-state index contributed by atoms with van der Waals surface area (Å²) in [5.41, 5.74) is 5.75. The standard InChI is InChI=1S/C10H12F3NO/c1-6-2-3-7(11)4-8(6)9(14)10(12,13)5-15/h2-4,9,15H,5,14H2,1H3/t9-/m1/s1. The van der Waals surface area contributed by atoms with Crippen molar-refractivity contribution in [3.05, 3.63) is 35.1 Å². The van der Waals surface area contributed by atoms with E-state index in [9.17, 15) is 13.2 Å². The molecule has 0 aliphatic carbocycles. The van der Waals surface area contributed by atoms with Crippen LogP contribution in [0.4, 0.5) is 13.2 Å². The molecule has 15 heavy (non-hydrogen) atoms. The number of aliphatic hydroxyl groups is 1. The Labute approximate surface area is 85.5 Å². The van der Waals surface area contributed by atoms with Crippen LogP contribution in [-0.4, -0.2) is 17.6 Å². The highest BCUT2D eigenvalue weighted by Crippen LogP contribution is 2.30. The second kappa shape index (κ2) is 4.20. The lowest BCUT2D eigenvalue weighted by Gasteiger charge is -2.23. The Balaban J connectivity index is 3.10. The molecular weight excluding hydrogens is 207 g/mol. The van der Waals surface area contributed by atoms with Gasteiger partial charge in [0.05, 0.1) is 6.04 Å². The number of aliphatic hydroxyl groups excluding tert-OH is 1. The van der Waals surface area contributed by atoms with Crippen molar-refractivity contribution in [2.75, 3.05) is 6.61 Å². The smallest absolute Gasteiger partial charge is 0.289 e. The Kier molecular flexibility index (Phi) is 3.36. The molecule has 2 nitrogen and oxygen atoms in total. The number of hydrogen-bond donors (Lipinski definition) is 2. The fourth-order valence-electron chi connectivity index (χ4n) is 1.27. The van der Waals surface area contributed by atoms with Crippen molar-refractivity contribution in [3.63, 3.8) is 0 Å². The van der Waals surface area contributed by atoms with Gasteiger partial charge < -0.3 is 10.8 Å². The number of nitrogens with two attached hydrogens (primary N) is 1. The molecule has 0 amide bonds. The van der Waals surface area contributed by atoms with E-state index in [1.54, 1.807) is 6.92 Å². The highest BCUT2D eigenvalue weighted by atomic mass is 19.3. The Morgan fingerprint density at radius 2 is 2.07 bits per heavy atom. The highest BCUT2D eigenvalue weighted by molar-refractivity contribution is 5.30. The van der Waals surface area contributed by atoms with Gasteiger partial charge in [0, 0.05) is 0 Å². The number of hydrogen-bond acceptors (Lipinski definition) is 2. The first kappa shape index (κ1) is 12.0. The third-order valence-electron chi connectivity index (χ3n) is 2.24. The van der Waals surface area contributed by atoms with Crippen molar-refractivity contribution in [1.82, 2.24) is 0 Å². The molecule has 1 atom stereocenters. The van der Waals surface area contributed by atoms with Gasteiger partial charge in [0.2, 0.25) is 0 Å². The van der Waals surface area contributed by atoms with E-state index in [0.717, 1.165) is 6.07 Å². The van der Waals surface area contributed by atoms with Crippen LogP contribution >= 0.6 is 0 Å². The van der Waals surface area contributed by atoms with E-state index in [1.165, 1.54) is 12.1 Å². The first-order valence-electron chi connectivity index (χ1n) is 4.39. The summed E-state index contributed by atoms with van der Waals surface area (Å²) in [5.74, 6) is -4.07. The normalized spacial score (nSPS) is 14.0. The molecule has 1 rings (SSSR count). The maximum Gasteiger partial charge on any atom is 0.289 e. The van der Waals surface area contributed by atoms with E-state index in [-0.39, 0.29) is 5.56 Å². The van der Waals surface area contributed by atoms with Gasteiger partial charge in [0.15, 0.2) is 0 Å². The third kappa shape index (κ3) is 2.49. The van der Waals surface area contributed by atoms with E-state index >= 15 is 0 Å². The van der Waals surface area contributed by atoms with E-state index in [1.807, 2.05) is 0 Å². The van der Waals surface area contributed by atoms with Crippen molar-refractivity contribution in [2.24, 2.45) is 5.73 Å². The molecule has 0 aliphatic heterocycles. The molecule has 0 radical (unpaired) electrons. The zero-order valence-electron chi connectivity index (χ0n) is 8.17. The molecule has 0 spiro atoms. The lowest BCUT2D eigenvalue weighted by atomic mass is 9.97. The Morgan fingerprint density at radius 3 is 2.60 bits per heavy atom. The minimum Gasteiger partial charge on any atom is -0.390 e. The number of aryl methyl sites for hydroxylation is 1. The zero-order valence-corrected chi connectivity index (χ0v) is 8.17. The molecular formula is C10H12F3NO. The Bertz CT molecular complexity index is 355. The maximum atomic E-state index is 13.0. The molecule has 0 fully saturated rings. The molecule has 1 aromatic rings. The van der Waals surface area contributed by atoms with Gasteiger partial charge in [-0.15, -0.1) is 0 Å². The first-order valence-corrected chi connectivity index (χ1v) is 4.39. The minimum absolute atomic E-state index is 0.00838. The van der Waals surface area contributed by atoms with Gasteiger partial charge in [-0.1, -0.05) is 6.07 Å². The van der Waals surface area contributed by atoms with E-state index < -0.39 is 24.4 Å². The monoisotopic (exact) mass is 219 g/mol. The van der Waals surface area contributed by atoms with Gasteiger partial charge in [-0.3, -0.25) is 0 Å². The quantitative estimate of drug-likeness (QED) is 0.813. The van der Waals surface area contributed by atoms with Crippen molar-refractivity contribution >= 4 is 0 Å². The fraction of sp³-hybridized carbons (Fsp3) is 0.400. The van der Waals surface area contributed by atoms with Crippen LogP contribution in [0.25, 0.3) is 0 Å². The molecule has 0 saturated heterocycles. The van der Waals surface area contributed by atoms with Crippen LogP contribution in [-0.2, 0) is 0 Å². The lowest BCUT2D eigenvalue weighted by molar-refractivity contribution is -0.0713. The van der Waals surface area contributed by atoms with Crippen LogP contribution in [0.3, 0.4) is 0 Å². The number of benzene rings is 1. The second-order valence-electron chi connectivity index (χ2n) is 3.40. The maximum absolute atomic E-state index is 13.0. The summed E-state index contributed by atoms with van der Waals surface area (Å²) in [5, 5.41) is 8.46. The van der Waals surface area contributed by atoms with Crippen LogP contribution in [0.5, 0.6) is 0 Å².